The molecular formula is C20H26N2O. The number of nitrogens with one attached hydrogen (secondary N) is 2. The highest BCUT2D eigenvalue weighted by Gasteiger charge is 2.16. The molecule has 0 radical (unpaired) electrons. The first-order valence-corrected chi connectivity index (χ1v) is 8.12. The molecule has 0 saturated carbocycles. The Balaban J connectivity index is 1.87. The topological polar surface area (TPSA) is 41.1 Å². The van der Waals surface area contributed by atoms with E-state index in [2.05, 4.69) is 55.7 Å². The summed E-state index contributed by atoms with van der Waals surface area (Å²) in [5.74, 6) is 0.0195. The van der Waals surface area contributed by atoms with Gasteiger partial charge >= 0.3 is 0 Å². The predicted molar refractivity (Wildman–Crippen MR) is 95.2 cm³/mol. The van der Waals surface area contributed by atoms with Crippen LogP contribution in [0, 0.1) is 13.8 Å². The lowest BCUT2D eigenvalue weighted by Crippen LogP contribution is -2.42. The molecule has 122 valence electrons. The first-order valence-electron chi connectivity index (χ1n) is 8.12. The van der Waals surface area contributed by atoms with Gasteiger partial charge in [0.2, 0.25) is 5.91 Å². The molecule has 2 N–H and O–H groups in total. The lowest BCUT2D eigenvalue weighted by Gasteiger charge is -2.21. The number of aryl methyl sites for hydroxylation is 2. The number of benzene rings is 2. The largest absolute Gasteiger partial charge is 0.351 e. The van der Waals surface area contributed by atoms with Crippen molar-refractivity contribution >= 4 is 5.91 Å². The quantitative estimate of drug-likeness (QED) is 0.855. The van der Waals surface area contributed by atoms with E-state index in [-0.39, 0.29) is 18.0 Å². The molecule has 0 aliphatic rings. The molecule has 3 heteroatoms. The van der Waals surface area contributed by atoms with Gasteiger partial charge in [-0.15, -0.1) is 0 Å². The van der Waals surface area contributed by atoms with Crippen LogP contribution in [-0.2, 0) is 11.3 Å². The van der Waals surface area contributed by atoms with Gasteiger partial charge in [-0.3, -0.25) is 10.1 Å². The number of carbonyl (C=O) groups excluding carboxylic acids is 1. The normalized spacial score (nSPS) is 13.4. The second-order valence-electron chi connectivity index (χ2n) is 6.17. The summed E-state index contributed by atoms with van der Waals surface area (Å²) in [4.78, 5) is 12.3. The van der Waals surface area contributed by atoms with E-state index in [0.29, 0.717) is 6.54 Å². The van der Waals surface area contributed by atoms with E-state index in [1.165, 1.54) is 16.7 Å². The van der Waals surface area contributed by atoms with Crippen LogP contribution in [0.2, 0.25) is 0 Å². The molecule has 0 heterocycles. The van der Waals surface area contributed by atoms with E-state index in [9.17, 15) is 4.79 Å². The van der Waals surface area contributed by atoms with E-state index < -0.39 is 0 Å². The standard InChI is InChI=1S/C20H26N2O/c1-14-9-11-18(12-10-14)13-21-20(23)17(4)22-16(3)19-8-6-5-7-15(19)2/h5-12,16-17,22H,13H2,1-4H3,(H,21,23). The van der Waals surface area contributed by atoms with Crippen molar-refractivity contribution in [3.63, 3.8) is 0 Å². The van der Waals surface area contributed by atoms with Crippen molar-refractivity contribution in [3.05, 3.63) is 70.8 Å². The zero-order valence-corrected chi connectivity index (χ0v) is 14.4. The van der Waals surface area contributed by atoms with Crippen LogP contribution in [0.4, 0.5) is 0 Å². The molecule has 3 nitrogen and oxygen atoms in total. The van der Waals surface area contributed by atoms with Crippen LogP contribution in [0.15, 0.2) is 48.5 Å². The fourth-order valence-corrected chi connectivity index (χ4v) is 2.66. The third-order valence-corrected chi connectivity index (χ3v) is 4.14. The third-order valence-electron chi connectivity index (χ3n) is 4.14. The van der Waals surface area contributed by atoms with Gasteiger partial charge < -0.3 is 5.32 Å². The summed E-state index contributed by atoms with van der Waals surface area (Å²) < 4.78 is 0. The summed E-state index contributed by atoms with van der Waals surface area (Å²) in [6.07, 6.45) is 0. The number of carbonyl (C=O) groups is 1. The van der Waals surface area contributed by atoms with E-state index in [4.69, 9.17) is 0 Å². The van der Waals surface area contributed by atoms with Gasteiger partial charge in [-0.05, 0) is 44.4 Å². The van der Waals surface area contributed by atoms with Gasteiger partial charge in [0.05, 0.1) is 6.04 Å². The lowest BCUT2D eigenvalue weighted by atomic mass is 10.0. The van der Waals surface area contributed by atoms with Crippen LogP contribution in [0.5, 0.6) is 0 Å². The number of amides is 1. The Kier molecular flexibility index (Phi) is 5.94. The first kappa shape index (κ1) is 17.2. The molecule has 0 saturated heterocycles. The molecule has 23 heavy (non-hydrogen) atoms. The van der Waals surface area contributed by atoms with Gasteiger partial charge in [0.15, 0.2) is 0 Å². The number of rotatable bonds is 6. The fraction of sp³-hybridized carbons (Fsp3) is 0.350. The van der Waals surface area contributed by atoms with Gasteiger partial charge in [-0.1, -0.05) is 54.1 Å². The van der Waals surface area contributed by atoms with E-state index in [1.54, 1.807) is 0 Å². The zero-order valence-electron chi connectivity index (χ0n) is 14.4. The van der Waals surface area contributed by atoms with Crippen molar-refractivity contribution in [1.82, 2.24) is 10.6 Å². The second kappa shape index (κ2) is 7.93. The van der Waals surface area contributed by atoms with Gasteiger partial charge in [0.1, 0.15) is 0 Å². The molecule has 1 amide bonds. The lowest BCUT2D eigenvalue weighted by molar-refractivity contribution is -0.123. The van der Waals surface area contributed by atoms with E-state index >= 15 is 0 Å². The third kappa shape index (κ3) is 4.93. The average molecular weight is 310 g/mol. The summed E-state index contributed by atoms with van der Waals surface area (Å²) in [5.41, 5.74) is 4.80. The van der Waals surface area contributed by atoms with Crippen molar-refractivity contribution in [2.24, 2.45) is 0 Å². The molecule has 0 bridgehead atoms. The average Bonchev–Trinajstić information content (AvgIpc) is 2.54. The molecule has 0 aliphatic heterocycles. The van der Waals surface area contributed by atoms with Gasteiger partial charge in [0.25, 0.3) is 0 Å². The minimum atomic E-state index is -0.241. The summed E-state index contributed by atoms with van der Waals surface area (Å²) >= 11 is 0. The predicted octanol–water partition coefficient (Wildman–Crippen LogP) is 3.66. The van der Waals surface area contributed by atoms with Crippen LogP contribution in [0.25, 0.3) is 0 Å². The van der Waals surface area contributed by atoms with Crippen LogP contribution >= 0.6 is 0 Å². The maximum absolute atomic E-state index is 12.3. The summed E-state index contributed by atoms with van der Waals surface area (Å²) in [7, 11) is 0. The maximum Gasteiger partial charge on any atom is 0.237 e. The second-order valence-corrected chi connectivity index (χ2v) is 6.17. The Bertz CT molecular complexity index is 649. The molecule has 0 fully saturated rings. The SMILES string of the molecule is Cc1ccc(CNC(=O)C(C)NC(C)c2ccccc2C)cc1. The molecule has 2 aromatic carbocycles. The number of hydrogen-bond donors (Lipinski definition) is 2. The van der Waals surface area contributed by atoms with Gasteiger partial charge in [0, 0.05) is 12.6 Å². The van der Waals surface area contributed by atoms with E-state index in [1.807, 2.05) is 31.2 Å². The van der Waals surface area contributed by atoms with Crippen LogP contribution in [-0.4, -0.2) is 11.9 Å². The van der Waals surface area contributed by atoms with Crippen LogP contribution in [0.3, 0.4) is 0 Å². The summed E-state index contributed by atoms with van der Waals surface area (Å²) in [6, 6.07) is 16.4. The Morgan fingerprint density at radius 1 is 1.00 bits per heavy atom. The highest BCUT2D eigenvalue weighted by Crippen LogP contribution is 2.17. The molecule has 0 spiro atoms. The minimum Gasteiger partial charge on any atom is -0.351 e. The molecule has 2 unspecified atom stereocenters. The molecule has 0 aliphatic carbocycles. The monoisotopic (exact) mass is 310 g/mol. The summed E-state index contributed by atoms with van der Waals surface area (Å²) in [5, 5.41) is 6.36. The Hall–Kier alpha value is -2.13. The maximum atomic E-state index is 12.3. The minimum absolute atomic E-state index is 0.0195. The fourth-order valence-electron chi connectivity index (χ4n) is 2.66. The molecule has 0 aromatic heterocycles. The molecule has 2 aromatic rings. The molecular weight excluding hydrogens is 284 g/mol. The highest BCUT2D eigenvalue weighted by atomic mass is 16.2. The smallest absolute Gasteiger partial charge is 0.237 e. The van der Waals surface area contributed by atoms with Crippen molar-refractivity contribution in [1.29, 1.82) is 0 Å². The molecule has 2 rings (SSSR count). The van der Waals surface area contributed by atoms with Crippen molar-refractivity contribution in [3.8, 4) is 0 Å². The molecule has 2 atom stereocenters. The van der Waals surface area contributed by atoms with Crippen molar-refractivity contribution in [2.45, 2.75) is 46.3 Å². The van der Waals surface area contributed by atoms with Crippen LogP contribution in [0.1, 0.15) is 42.1 Å². The Morgan fingerprint density at radius 3 is 2.30 bits per heavy atom. The number of hydrogen-bond acceptors (Lipinski definition) is 2. The van der Waals surface area contributed by atoms with Gasteiger partial charge in [-0.2, -0.15) is 0 Å². The first-order chi connectivity index (χ1) is 11.0. The Morgan fingerprint density at radius 2 is 1.65 bits per heavy atom. The zero-order chi connectivity index (χ0) is 16.8. The van der Waals surface area contributed by atoms with E-state index in [0.717, 1.165) is 5.56 Å². The van der Waals surface area contributed by atoms with Crippen molar-refractivity contribution in [2.75, 3.05) is 0 Å². The highest BCUT2D eigenvalue weighted by molar-refractivity contribution is 5.81. The van der Waals surface area contributed by atoms with Crippen molar-refractivity contribution < 1.29 is 4.79 Å². The summed E-state index contributed by atoms with van der Waals surface area (Å²) in [6.45, 7) is 8.70. The van der Waals surface area contributed by atoms with Crippen LogP contribution < -0.4 is 10.6 Å². The van der Waals surface area contributed by atoms with Gasteiger partial charge in [-0.25, -0.2) is 0 Å². The Labute approximate surface area is 139 Å².